The summed E-state index contributed by atoms with van der Waals surface area (Å²) in [5, 5.41) is 2.01. The van der Waals surface area contributed by atoms with Crippen molar-refractivity contribution in [1.29, 1.82) is 0 Å². The zero-order valence-corrected chi connectivity index (χ0v) is 42.0. The molecule has 24 heteroatoms. The minimum atomic E-state index is -0.459. The van der Waals surface area contributed by atoms with Gasteiger partial charge in [0.25, 0.3) is 16.7 Å². The first-order valence-corrected chi connectivity index (χ1v) is 23.4. The lowest BCUT2D eigenvalue weighted by Crippen LogP contribution is -2.31. The number of nitrogens with one attached hydrogen (secondary N) is 3. The highest BCUT2D eigenvalue weighted by atomic mass is 16.5. The molecule has 9 heterocycles. The van der Waals surface area contributed by atoms with Gasteiger partial charge in [-0.2, -0.15) is 0 Å². The zero-order valence-electron chi connectivity index (χ0n) is 42.0. The largest absolute Gasteiger partial charge is 0.446 e. The van der Waals surface area contributed by atoms with Crippen molar-refractivity contribution < 1.29 is 27.5 Å². The molecule has 0 saturated carbocycles. The molecule has 0 aliphatic carbocycles. The van der Waals surface area contributed by atoms with Crippen LogP contribution in [0.25, 0.3) is 67.1 Å². The lowest BCUT2D eigenvalue weighted by Gasteiger charge is -2.11. The topological polar surface area (TPSA) is 309 Å². The van der Waals surface area contributed by atoms with Crippen molar-refractivity contribution in [1.82, 2.24) is 58.6 Å². The van der Waals surface area contributed by atoms with Gasteiger partial charge in [0, 0.05) is 37.8 Å². The highest BCUT2D eigenvalue weighted by Crippen LogP contribution is 2.32. The second-order valence-corrected chi connectivity index (χ2v) is 17.2. The van der Waals surface area contributed by atoms with Crippen molar-refractivity contribution in [2.75, 3.05) is 0 Å². The van der Waals surface area contributed by atoms with Gasteiger partial charge in [-0.15, -0.1) is 0 Å². The standard InChI is InChI=1S/3C18H14N4O4/c3*1-10-14(22(2)18(24)21-15(10)23)11-3-5-12(6-4-11)26-17-13-7-8-25-16(13)19-9-20-17/h3*3-9H,1-2H3,(H,21,23,24). The summed E-state index contributed by atoms with van der Waals surface area (Å²) in [5.41, 5.74) is 4.05. The monoisotopic (exact) mass is 1050 g/mol. The minimum absolute atomic E-state index is 0.385. The number of benzene rings is 3. The summed E-state index contributed by atoms with van der Waals surface area (Å²) in [4.78, 5) is 102. The van der Waals surface area contributed by atoms with Crippen LogP contribution in [0.5, 0.6) is 34.9 Å². The molecule has 0 aliphatic heterocycles. The summed E-state index contributed by atoms with van der Waals surface area (Å²) in [7, 11) is 4.84. The molecule has 390 valence electrons. The Kier molecular flexibility index (Phi) is 13.6. The Bertz CT molecular complexity index is 4020. The molecule has 78 heavy (non-hydrogen) atoms. The minimum Gasteiger partial charge on any atom is -0.446 e. The fourth-order valence-electron chi connectivity index (χ4n) is 8.36. The van der Waals surface area contributed by atoms with Crippen LogP contribution in [0.1, 0.15) is 16.7 Å². The van der Waals surface area contributed by atoms with Crippen LogP contribution in [-0.4, -0.2) is 58.6 Å². The van der Waals surface area contributed by atoms with Crippen molar-refractivity contribution in [3.63, 3.8) is 0 Å². The molecule has 12 rings (SSSR count). The van der Waals surface area contributed by atoms with E-state index in [1.165, 1.54) is 51.5 Å². The molecule has 24 nitrogen and oxygen atoms in total. The van der Waals surface area contributed by atoms with Crippen LogP contribution in [0.4, 0.5) is 0 Å². The maximum absolute atomic E-state index is 11.9. The van der Waals surface area contributed by atoms with Gasteiger partial charge >= 0.3 is 17.1 Å². The lowest BCUT2D eigenvalue weighted by atomic mass is 10.1. The Morgan fingerprint density at radius 3 is 0.885 bits per heavy atom. The van der Waals surface area contributed by atoms with Gasteiger partial charge in [0.1, 0.15) is 52.4 Å². The second-order valence-electron chi connectivity index (χ2n) is 17.2. The van der Waals surface area contributed by atoms with Crippen molar-refractivity contribution in [2.45, 2.75) is 20.8 Å². The first kappa shape index (κ1) is 50.5. The number of aromatic amines is 3. The molecule has 0 unspecified atom stereocenters. The van der Waals surface area contributed by atoms with Gasteiger partial charge in [-0.05, 0) is 128 Å². The van der Waals surface area contributed by atoms with Crippen LogP contribution < -0.4 is 48.0 Å². The highest BCUT2D eigenvalue weighted by molar-refractivity contribution is 5.80. The molecule has 3 N–H and O–H groups in total. The third kappa shape index (κ3) is 10.0. The van der Waals surface area contributed by atoms with Crippen LogP contribution in [0.3, 0.4) is 0 Å². The van der Waals surface area contributed by atoms with Gasteiger partial charge in [-0.25, -0.2) is 44.3 Å². The molecule has 3 aromatic carbocycles. The van der Waals surface area contributed by atoms with E-state index in [0.717, 1.165) is 16.7 Å². The van der Waals surface area contributed by atoms with Crippen molar-refractivity contribution in [2.24, 2.45) is 21.1 Å². The van der Waals surface area contributed by atoms with Crippen LogP contribution in [-0.2, 0) is 21.1 Å². The van der Waals surface area contributed by atoms with E-state index in [-0.39, 0.29) is 0 Å². The average molecular weight is 1050 g/mol. The lowest BCUT2D eigenvalue weighted by molar-refractivity contribution is 0.467. The quantitative estimate of drug-likeness (QED) is 0.129. The number of hydrogen-bond acceptors (Lipinski definition) is 18. The van der Waals surface area contributed by atoms with Crippen LogP contribution in [0.15, 0.2) is 171 Å². The van der Waals surface area contributed by atoms with E-state index < -0.39 is 33.7 Å². The predicted molar refractivity (Wildman–Crippen MR) is 283 cm³/mol. The van der Waals surface area contributed by atoms with Crippen LogP contribution in [0.2, 0.25) is 0 Å². The number of nitrogens with zero attached hydrogens (tertiary/aromatic N) is 9. The smallest absolute Gasteiger partial charge is 0.328 e. The summed E-state index contributed by atoms with van der Waals surface area (Å²) in [6, 6.07) is 26.4. The summed E-state index contributed by atoms with van der Waals surface area (Å²) in [5.74, 6) is 2.83. The van der Waals surface area contributed by atoms with Crippen LogP contribution >= 0.6 is 0 Å². The Morgan fingerprint density at radius 2 is 0.628 bits per heavy atom. The Balaban J connectivity index is 0.000000132. The molecule has 0 fully saturated rings. The van der Waals surface area contributed by atoms with Crippen molar-refractivity contribution in [3.8, 4) is 68.7 Å². The number of furan rings is 3. The maximum atomic E-state index is 11.9. The summed E-state index contributed by atoms with van der Waals surface area (Å²) >= 11 is 0. The van der Waals surface area contributed by atoms with Gasteiger partial charge in [0.15, 0.2) is 0 Å². The molecule has 9 aromatic heterocycles. The number of rotatable bonds is 9. The third-order valence-electron chi connectivity index (χ3n) is 12.4. The van der Waals surface area contributed by atoms with Gasteiger partial charge in [-0.3, -0.25) is 43.0 Å². The van der Waals surface area contributed by atoms with Crippen molar-refractivity contribution >= 4 is 33.3 Å². The average Bonchev–Trinajstić information content (AvgIpc) is 4.27. The maximum Gasteiger partial charge on any atom is 0.328 e. The van der Waals surface area contributed by atoms with E-state index in [4.69, 9.17) is 27.5 Å². The summed E-state index contributed by atoms with van der Waals surface area (Å²) in [6.45, 7) is 5.03. The summed E-state index contributed by atoms with van der Waals surface area (Å²) < 4.78 is 37.3. The molecule has 0 saturated heterocycles. The molecule has 0 aliphatic rings. The molecule has 0 bridgehead atoms. The third-order valence-corrected chi connectivity index (χ3v) is 12.4. The predicted octanol–water partition coefficient (Wildman–Crippen LogP) is 7.13. The van der Waals surface area contributed by atoms with E-state index in [2.05, 4.69) is 44.9 Å². The van der Waals surface area contributed by atoms with Crippen LogP contribution in [0, 0.1) is 20.8 Å². The second kappa shape index (κ2) is 21.1. The Morgan fingerprint density at radius 1 is 0.372 bits per heavy atom. The van der Waals surface area contributed by atoms with Gasteiger partial charge in [-0.1, -0.05) is 0 Å². The number of hydrogen-bond donors (Lipinski definition) is 3. The first-order valence-electron chi connectivity index (χ1n) is 23.4. The number of ether oxygens (including phenoxy) is 3. The zero-order chi connectivity index (χ0) is 54.8. The van der Waals surface area contributed by atoms with E-state index in [1.54, 1.807) is 133 Å². The Hall–Kier alpha value is -11.0. The number of H-pyrrole nitrogens is 3. The van der Waals surface area contributed by atoms with E-state index in [1.807, 2.05) is 0 Å². The molecular weight excluding hydrogens is 1010 g/mol. The van der Waals surface area contributed by atoms with Gasteiger partial charge < -0.3 is 27.5 Å². The number of fused-ring (bicyclic) bond motifs is 3. The highest BCUT2D eigenvalue weighted by Gasteiger charge is 2.17. The van der Waals surface area contributed by atoms with Gasteiger partial charge in [0.05, 0.1) is 35.9 Å². The molecule has 12 aromatic rings. The Labute approximate surface area is 436 Å². The van der Waals surface area contributed by atoms with Crippen molar-refractivity contribution in [3.05, 3.63) is 208 Å². The van der Waals surface area contributed by atoms with E-state index in [0.29, 0.717) is 102 Å². The normalized spacial score (nSPS) is 11.0. The number of aromatic nitrogens is 12. The molecular formula is C54H42N12O12. The molecule has 0 atom stereocenters. The fourth-order valence-corrected chi connectivity index (χ4v) is 8.36. The van der Waals surface area contributed by atoms with E-state index in [9.17, 15) is 28.8 Å². The molecule has 0 amide bonds. The summed E-state index contributed by atoms with van der Waals surface area (Å²) in [6.07, 6.45) is 8.66. The SMILES string of the molecule is Cc1c(-c2ccc(Oc3ncnc4occc34)cc2)n(C)c(=O)[nH]c1=O.Cc1c(-c2ccc(Oc3ncnc4occc34)cc2)n(C)c(=O)[nH]c1=O.Cc1c(-c2ccc(Oc3ncnc4occc34)cc2)n(C)c(=O)[nH]c1=O. The first-order chi connectivity index (χ1) is 37.6. The molecule has 0 spiro atoms. The fraction of sp³-hybridized carbons (Fsp3) is 0.111. The van der Waals surface area contributed by atoms with E-state index >= 15 is 0 Å². The van der Waals surface area contributed by atoms with Gasteiger partial charge in [0.2, 0.25) is 34.8 Å². The molecule has 0 radical (unpaired) electrons.